The smallest absolute Gasteiger partial charge is 0.261 e. The maximum atomic E-state index is 12.2. The number of hydrogen-bond donors (Lipinski definition) is 2. The number of aromatic nitrogens is 1. The first-order chi connectivity index (χ1) is 9.87. The van der Waals surface area contributed by atoms with E-state index in [9.17, 15) is 13.2 Å². The molecule has 0 atom stereocenters. The zero-order valence-electron chi connectivity index (χ0n) is 11.6. The van der Waals surface area contributed by atoms with Gasteiger partial charge in [0, 0.05) is 18.8 Å². The van der Waals surface area contributed by atoms with Gasteiger partial charge in [-0.25, -0.2) is 8.42 Å². The molecule has 0 aliphatic heterocycles. The van der Waals surface area contributed by atoms with Crippen LogP contribution in [0.25, 0.3) is 0 Å². The Labute approximate surface area is 123 Å². The monoisotopic (exact) mass is 305 g/mol. The van der Waals surface area contributed by atoms with Crippen molar-refractivity contribution in [2.75, 3.05) is 10.0 Å². The summed E-state index contributed by atoms with van der Waals surface area (Å²) in [5.41, 5.74) is 1.80. The summed E-state index contributed by atoms with van der Waals surface area (Å²) in [5.74, 6) is -0.213. The summed E-state index contributed by atoms with van der Waals surface area (Å²) in [7, 11) is -3.68. The summed E-state index contributed by atoms with van der Waals surface area (Å²) in [6.45, 7) is 3.21. The minimum Gasteiger partial charge on any atom is -0.326 e. The van der Waals surface area contributed by atoms with Gasteiger partial charge in [-0.3, -0.25) is 14.5 Å². The lowest BCUT2D eigenvalue weighted by atomic mass is 10.3. The molecule has 0 aliphatic carbocycles. The van der Waals surface area contributed by atoms with E-state index in [-0.39, 0.29) is 10.8 Å². The lowest BCUT2D eigenvalue weighted by Crippen LogP contribution is -2.13. The number of pyridine rings is 1. The van der Waals surface area contributed by atoms with Crippen molar-refractivity contribution in [2.45, 2.75) is 18.7 Å². The van der Waals surface area contributed by atoms with E-state index in [1.54, 1.807) is 12.3 Å². The Hall–Kier alpha value is -2.41. The molecule has 0 saturated carbocycles. The molecule has 1 heterocycles. The third kappa shape index (κ3) is 4.03. The molecule has 0 saturated heterocycles. The van der Waals surface area contributed by atoms with E-state index in [2.05, 4.69) is 15.0 Å². The van der Waals surface area contributed by atoms with Crippen LogP contribution < -0.4 is 10.0 Å². The fourth-order valence-corrected chi connectivity index (χ4v) is 2.78. The molecule has 2 rings (SSSR count). The van der Waals surface area contributed by atoms with E-state index in [4.69, 9.17) is 0 Å². The molecule has 0 fully saturated rings. The first-order valence-electron chi connectivity index (χ1n) is 6.19. The highest BCUT2D eigenvalue weighted by molar-refractivity contribution is 7.92. The third-order valence-corrected chi connectivity index (χ3v) is 4.01. The van der Waals surface area contributed by atoms with Crippen LogP contribution in [0.3, 0.4) is 0 Å². The Morgan fingerprint density at radius 1 is 1.10 bits per heavy atom. The molecule has 0 bridgehead atoms. The van der Waals surface area contributed by atoms with Gasteiger partial charge >= 0.3 is 0 Å². The molecule has 0 aliphatic rings. The lowest BCUT2D eigenvalue weighted by molar-refractivity contribution is -0.114. The number of aryl methyl sites for hydroxylation is 1. The molecule has 2 aromatic rings. The number of amides is 1. The van der Waals surface area contributed by atoms with Crippen LogP contribution in [0.15, 0.2) is 47.6 Å². The number of anilines is 2. The molecule has 0 unspecified atom stereocenters. The second kappa shape index (κ2) is 5.92. The Morgan fingerprint density at radius 3 is 2.33 bits per heavy atom. The van der Waals surface area contributed by atoms with Gasteiger partial charge in [0.05, 0.1) is 16.8 Å². The molecule has 1 amide bonds. The van der Waals surface area contributed by atoms with Crippen LogP contribution in [-0.4, -0.2) is 19.3 Å². The SMILES string of the molecule is CC(=O)Nc1ccc(S(=O)(=O)Nc2cncc(C)c2)cc1. The van der Waals surface area contributed by atoms with Crippen molar-refractivity contribution >= 4 is 27.3 Å². The summed E-state index contributed by atoms with van der Waals surface area (Å²) in [6, 6.07) is 7.61. The number of nitrogens with one attached hydrogen (secondary N) is 2. The minimum atomic E-state index is -3.68. The fourth-order valence-electron chi connectivity index (χ4n) is 1.75. The summed E-state index contributed by atoms with van der Waals surface area (Å²) >= 11 is 0. The number of carbonyl (C=O) groups is 1. The molecular formula is C14H15N3O3S. The molecule has 21 heavy (non-hydrogen) atoms. The predicted molar refractivity (Wildman–Crippen MR) is 80.5 cm³/mol. The van der Waals surface area contributed by atoms with Crippen molar-refractivity contribution in [3.63, 3.8) is 0 Å². The van der Waals surface area contributed by atoms with Gasteiger partial charge in [0.1, 0.15) is 0 Å². The maximum absolute atomic E-state index is 12.2. The molecule has 0 spiro atoms. The van der Waals surface area contributed by atoms with Crippen molar-refractivity contribution in [2.24, 2.45) is 0 Å². The van der Waals surface area contributed by atoms with Crippen molar-refractivity contribution in [3.05, 3.63) is 48.3 Å². The largest absolute Gasteiger partial charge is 0.326 e. The highest BCUT2D eigenvalue weighted by Gasteiger charge is 2.14. The number of sulfonamides is 1. The van der Waals surface area contributed by atoms with E-state index in [0.717, 1.165) is 5.56 Å². The van der Waals surface area contributed by atoms with Crippen LogP contribution in [0.4, 0.5) is 11.4 Å². The van der Waals surface area contributed by atoms with E-state index in [0.29, 0.717) is 11.4 Å². The van der Waals surface area contributed by atoms with Gasteiger partial charge in [-0.05, 0) is 42.8 Å². The van der Waals surface area contributed by atoms with Crippen LogP contribution in [-0.2, 0) is 14.8 Å². The van der Waals surface area contributed by atoms with Gasteiger partial charge in [-0.15, -0.1) is 0 Å². The van der Waals surface area contributed by atoms with Gasteiger partial charge in [0.15, 0.2) is 0 Å². The average molecular weight is 305 g/mol. The van der Waals surface area contributed by atoms with E-state index in [1.165, 1.54) is 37.4 Å². The molecule has 1 aromatic heterocycles. The maximum Gasteiger partial charge on any atom is 0.261 e. The number of hydrogen-bond acceptors (Lipinski definition) is 4. The zero-order chi connectivity index (χ0) is 15.5. The summed E-state index contributed by atoms with van der Waals surface area (Å²) in [4.78, 5) is 15.0. The Kier molecular flexibility index (Phi) is 4.23. The van der Waals surface area contributed by atoms with E-state index >= 15 is 0 Å². The second-order valence-electron chi connectivity index (χ2n) is 4.56. The fraction of sp³-hybridized carbons (Fsp3) is 0.143. The van der Waals surface area contributed by atoms with Crippen molar-refractivity contribution in [1.82, 2.24) is 4.98 Å². The van der Waals surface area contributed by atoms with Gasteiger partial charge in [0.25, 0.3) is 10.0 Å². The van der Waals surface area contributed by atoms with Crippen LogP contribution in [0.5, 0.6) is 0 Å². The average Bonchev–Trinajstić information content (AvgIpc) is 2.38. The molecule has 6 nitrogen and oxygen atoms in total. The van der Waals surface area contributed by atoms with Crippen LogP contribution in [0.1, 0.15) is 12.5 Å². The van der Waals surface area contributed by atoms with E-state index < -0.39 is 10.0 Å². The van der Waals surface area contributed by atoms with Crippen molar-refractivity contribution < 1.29 is 13.2 Å². The van der Waals surface area contributed by atoms with Gasteiger partial charge in [-0.2, -0.15) is 0 Å². The number of nitrogens with zero attached hydrogens (tertiary/aromatic N) is 1. The lowest BCUT2D eigenvalue weighted by Gasteiger charge is -2.09. The van der Waals surface area contributed by atoms with Gasteiger partial charge < -0.3 is 5.32 Å². The minimum absolute atomic E-state index is 0.109. The predicted octanol–water partition coefficient (Wildman–Crippen LogP) is 2.15. The molecule has 2 N–H and O–H groups in total. The van der Waals surface area contributed by atoms with E-state index in [1.807, 2.05) is 6.92 Å². The summed E-state index contributed by atoms with van der Waals surface area (Å²) < 4.78 is 26.9. The summed E-state index contributed by atoms with van der Waals surface area (Å²) in [5, 5.41) is 2.58. The molecule has 0 radical (unpaired) electrons. The Morgan fingerprint density at radius 2 is 1.76 bits per heavy atom. The molecule has 110 valence electrons. The quantitative estimate of drug-likeness (QED) is 0.906. The Bertz CT molecular complexity index is 755. The van der Waals surface area contributed by atoms with Crippen LogP contribution in [0, 0.1) is 6.92 Å². The van der Waals surface area contributed by atoms with Crippen LogP contribution >= 0.6 is 0 Å². The Balaban J connectivity index is 2.21. The molecule has 7 heteroatoms. The van der Waals surface area contributed by atoms with Crippen molar-refractivity contribution in [1.29, 1.82) is 0 Å². The molecule has 1 aromatic carbocycles. The van der Waals surface area contributed by atoms with Gasteiger partial charge in [-0.1, -0.05) is 0 Å². The summed E-state index contributed by atoms with van der Waals surface area (Å²) in [6.07, 6.45) is 3.08. The van der Waals surface area contributed by atoms with Crippen molar-refractivity contribution in [3.8, 4) is 0 Å². The number of carbonyl (C=O) groups excluding carboxylic acids is 1. The first kappa shape index (κ1) is 15.0. The number of rotatable bonds is 4. The first-order valence-corrected chi connectivity index (χ1v) is 7.67. The second-order valence-corrected chi connectivity index (χ2v) is 6.24. The normalized spacial score (nSPS) is 11.0. The zero-order valence-corrected chi connectivity index (χ0v) is 12.4. The highest BCUT2D eigenvalue weighted by atomic mass is 32.2. The van der Waals surface area contributed by atoms with Gasteiger partial charge in [0.2, 0.25) is 5.91 Å². The number of benzene rings is 1. The third-order valence-electron chi connectivity index (χ3n) is 2.61. The topological polar surface area (TPSA) is 88.2 Å². The highest BCUT2D eigenvalue weighted by Crippen LogP contribution is 2.18. The van der Waals surface area contributed by atoms with Crippen LogP contribution in [0.2, 0.25) is 0 Å². The standard InChI is InChI=1S/C14H15N3O3S/c1-10-7-13(9-15-8-10)17-21(19,20)14-5-3-12(4-6-14)16-11(2)18/h3-9,17H,1-2H3,(H,16,18). The molecular weight excluding hydrogens is 290 g/mol.